The van der Waals surface area contributed by atoms with E-state index in [1.165, 1.54) is 0 Å². The third-order valence-corrected chi connectivity index (χ3v) is 3.58. The summed E-state index contributed by atoms with van der Waals surface area (Å²) in [5.41, 5.74) is 7.92. The summed E-state index contributed by atoms with van der Waals surface area (Å²) in [6.07, 6.45) is -0.210. The number of hydrogen-bond acceptors (Lipinski definition) is 2. The molecule has 0 aliphatic carbocycles. The van der Waals surface area contributed by atoms with Crippen molar-refractivity contribution in [2.75, 3.05) is 6.54 Å². The second-order valence-electron chi connectivity index (χ2n) is 4.33. The Morgan fingerprint density at radius 2 is 2.05 bits per heavy atom. The largest absolute Gasteiger partial charge is 0.483 e. The molecule has 100 valence electrons. The predicted octanol–water partition coefficient (Wildman–Crippen LogP) is 4.49. The fraction of sp³-hybridized carbons (Fsp3) is 0.200. The number of ether oxygens (including phenoxy) is 1. The van der Waals surface area contributed by atoms with Crippen molar-refractivity contribution in [3.05, 3.63) is 63.1 Å². The van der Waals surface area contributed by atoms with E-state index in [0.29, 0.717) is 17.3 Å². The Bertz CT molecular complexity index is 574. The lowest BCUT2D eigenvalue weighted by Gasteiger charge is -2.19. The number of rotatable bonds is 4. The smallest absolute Gasteiger partial charge is 0.138 e. The number of hydrogen-bond donors (Lipinski definition) is 1. The first-order valence-corrected chi connectivity index (χ1v) is 7.15. The molecule has 0 radical (unpaired) electrons. The van der Waals surface area contributed by atoms with Gasteiger partial charge in [0.25, 0.3) is 0 Å². The van der Waals surface area contributed by atoms with Crippen molar-refractivity contribution >= 4 is 27.5 Å². The number of halogens is 2. The average molecular weight is 341 g/mol. The fourth-order valence-electron chi connectivity index (χ4n) is 1.81. The van der Waals surface area contributed by atoms with E-state index in [-0.39, 0.29) is 6.10 Å². The van der Waals surface area contributed by atoms with Gasteiger partial charge in [0, 0.05) is 11.0 Å². The minimum atomic E-state index is -0.210. The van der Waals surface area contributed by atoms with E-state index in [1.807, 2.05) is 49.4 Å². The molecular formula is C15H15BrClNO. The van der Waals surface area contributed by atoms with E-state index in [0.717, 1.165) is 15.6 Å². The zero-order valence-electron chi connectivity index (χ0n) is 10.6. The Kier molecular flexibility index (Phi) is 4.86. The van der Waals surface area contributed by atoms with Crippen molar-refractivity contribution in [2.24, 2.45) is 5.73 Å². The monoisotopic (exact) mass is 339 g/mol. The van der Waals surface area contributed by atoms with Gasteiger partial charge < -0.3 is 10.5 Å². The molecule has 2 nitrogen and oxygen atoms in total. The Morgan fingerprint density at radius 3 is 2.68 bits per heavy atom. The highest BCUT2D eigenvalue weighted by molar-refractivity contribution is 9.10. The summed E-state index contributed by atoms with van der Waals surface area (Å²) in [5.74, 6) is 0.655. The number of benzene rings is 2. The molecule has 0 saturated carbocycles. The van der Waals surface area contributed by atoms with Crippen LogP contribution in [0.5, 0.6) is 5.75 Å². The molecule has 0 fully saturated rings. The van der Waals surface area contributed by atoms with Crippen LogP contribution in [0.3, 0.4) is 0 Å². The van der Waals surface area contributed by atoms with Gasteiger partial charge in [-0.3, -0.25) is 0 Å². The Labute approximate surface area is 126 Å². The van der Waals surface area contributed by atoms with Crippen molar-refractivity contribution in [3.63, 3.8) is 0 Å². The van der Waals surface area contributed by atoms with E-state index in [4.69, 9.17) is 22.1 Å². The van der Waals surface area contributed by atoms with Gasteiger partial charge in [-0.05, 0) is 42.3 Å². The molecule has 0 aliphatic rings. The van der Waals surface area contributed by atoms with Crippen LogP contribution in [-0.2, 0) is 0 Å². The van der Waals surface area contributed by atoms with Crippen molar-refractivity contribution in [2.45, 2.75) is 13.0 Å². The maximum Gasteiger partial charge on any atom is 0.138 e. The van der Waals surface area contributed by atoms with E-state index in [9.17, 15) is 0 Å². The maximum absolute atomic E-state index is 6.17. The van der Waals surface area contributed by atoms with Gasteiger partial charge in [0.05, 0.1) is 5.02 Å². The minimum Gasteiger partial charge on any atom is -0.483 e. The van der Waals surface area contributed by atoms with Crippen LogP contribution >= 0.6 is 27.5 Å². The summed E-state index contributed by atoms with van der Waals surface area (Å²) in [5, 5.41) is 0.605. The summed E-state index contributed by atoms with van der Waals surface area (Å²) in [4.78, 5) is 0. The van der Waals surface area contributed by atoms with E-state index >= 15 is 0 Å². The molecule has 2 aromatic rings. The van der Waals surface area contributed by atoms with Gasteiger partial charge in [0.1, 0.15) is 11.9 Å². The molecule has 0 bridgehead atoms. The molecule has 2 aromatic carbocycles. The molecule has 0 saturated heterocycles. The van der Waals surface area contributed by atoms with Gasteiger partial charge >= 0.3 is 0 Å². The van der Waals surface area contributed by atoms with Crippen molar-refractivity contribution in [1.29, 1.82) is 0 Å². The molecule has 1 unspecified atom stereocenters. The molecule has 0 aliphatic heterocycles. The van der Waals surface area contributed by atoms with Gasteiger partial charge in [-0.1, -0.05) is 45.7 Å². The molecule has 1 atom stereocenters. The molecular weight excluding hydrogens is 326 g/mol. The summed E-state index contributed by atoms with van der Waals surface area (Å²) >= 11 is 9.62. The van der Waals surface area contributed by atoms with E-state index in [2.05, 4.69) is 15.9 Å². The molecule has 2 rings (SSSR count). The highest BCUT2D eigenvalue weighted by atomic mass is 79.9. The lowest BCUT2D eigenvalue weighted by molar-refractivity contribution is 0.214. The summed E-state index contributed by atoms with van der Waals surface area (Å²) in [6.45, 7) is 2.38. The van der Waals surface area contributed by atoms with Gasteiger partial charge in [-0.25, -0.2) is 0 Å². The van der Waals surface area contributed by atoms with Crippen molar-refractivity contribution in [1.82, 2.24) is 0 Å². The van der Waals surface area contributed by atoms with Crippen molar-refractivity contribution < 1.29 is 4.74 Å². The zero-order chi connectivity index (χ0) is 13.8. The molecule has 2 N–H and O–H groups in total. The highest BCUT2D eigenvalue weighted by Crippen LogP contribution is 2.30. The van der Waals surface area contributed by atoms with Crippen LogP contribution in [-0.4, -0.2) is 6.54 Å². The fourth-order valence-corrected chi connectivity index (χ4v) is 2.51. The summed E-state index contributed by atoms with van der Waals surface area (Å²) < 4.78 is 6.91. The Balaban J connectivity index is 2.24. The van der Waals surface area contributed by atoms with Gasteiger partial charge in [-0.15, -0.1) is 0 Å². The third kappa shape index (κ3) is 3.72. The SMILES string of the molecule is Cc1ccc(OC(CN)c2cccc(Br)c2)c(Cl)c1. The molecule has 0 spiro atoms. The second-order valence-corrected chi connectivity index (χ2v) is 5.65. The van der Waals surface area contributed by atoms with Gasteiger partial charge in [0.15, 0.2) is 0 Å². The third-order valence-electron chi connectivity index (χ3n) is 2.79. The maximum atomic E-state index is 6.17. The summed E-state index contributed by atoms with van der Waals surface area (Å²) in [6, 6.07) is 13.6. The second kappa shape index (κ2) is 6.42. The van der Waals surface area contributed by atoms with Crippen LogP contribution in [0.2, 0.25) is 5.02 Å². The Morgan fingerprint density at radius 1 is 1.26 bits per heavy atom. The van der Waals surface area contributed by atoms with Crippen LogP contribution in [0.1, 0.15) is 17.2 Å². The quantitative estimate of drug-likeness (QED) is 0.890. The molecule has 4 heteroatoms. The standard InChI is InChI=1S/C15H15BrClNO/c1-10-5-6-14(13(17)7-10)19-15(9-18)11-3-2-4-12(16)8-11/h2-8,15H,9,18H2,1H3. The van der Waals surface area contributed by atoms with Crippen LogP contribution < -0.4 is 10.5 Å². The first-order valence-electron chi connectivity index (χ1n) is 5.98. The molecule has 0 amide bonds. The molecule has 0 aromatic heterocycles. The zero-order valence-corrected chi connectivity index (χ0v) is 12.9. The van der Waals surface area contributed by atoms with E-state index in [1.54, 1.807) is 0 Å². The Hall–Kier alpha value is -1.03. The number of nitrogens with two attached hydrogens (primary N) is 1. The van der Waals surface area contributed by atoms with Crippen LogP contribution in [0.15, 0.2) is 46.9 Å². The van der Waals surface area contributed by atoms with Gasteiger partial charge in [-0.2, -0.15) is 0 Å². The predicted molar refractivity (Wildman–Crippen MR) is 82.8 cm³/mol. The lowest BCUT2D eigenvalue weighted by Crippen LogP contribution is -2.18. The minimum absolute atomic E-state index is 0.210. The topological polar surface area (TPSA) is 35.2 Å². The summed E-state index contributed by atoms with van der Waals surface area (Å²) in [7, 11) is 0. The first-order chi connectivity index (χ1) is 9.10. The lowest BCUT2D eigenvalue weighted by atomic mass is 10.1. The van der Waals surface area contributed by atoms with E-state index < -0.39 is 0 Å². The first kappa shape index (κ1) is 14.4. The number of aryl methyl sites for hydroxylation is 1. The van der Waals surface area contributed by atoms with Crippen LogP contribution in [0.25, 0.3) is 0 Å². The average Bonchev–Trinajstić information content (AvgIpc) is 2.38. The molecule has 0 heterocycles. The van der Waals surface area contributed by atoms with Crippen LogP contribution in [0.4, 0.5) is 0 Å². The molecule has 19 heavy (non-hydrogen) atoms. The van der Waals surface area contributed by atoms with Crippen LogP contribution in [0, 0.1) is 6.92 Å². The van der Waals surface area contributed by atoms with Gasteiger partial charge in [0.2, 0.25) is 0 Å². The normalized spacial score (nSPS) is 12.2. The van der Waals surface area contributed by atoms with Crippen molar-refractivity contribution in [3.8, 4) is 5.75 Å². The highest BCUT2D eigenvalue weighted by Gasteiger charge is 2.13.